The molecular weight excluding hydrogens is 344 g/mol. The van der Waals surface area contributed by atoms with Gasteiger partial charge in [0, 0.05) is 11.9 Å². The third-order valence-corrected chi connectivity index (χ3v) is 6.71. The maximum absolute atomic E-state index is 12.6. The summed E-state index contributed by atoms with van der Waals surface area (Å²) in [6.07, 6.45) is 3.18. The molecule has 0 amide bonds. The zero-order chi connectivity index (χ0) is 16.8. The molecular formula is C15H18N6OS2. The van der Waals surface area contributed by atoms with E-state index in [2.05, 4.69) is 27.4 Å². The predicted octanol–water partition coefficient (Wildman–Crippen LogP) is 2.49. The molecule has 3 aromatic heterocycles. The van der Waals surface area contributed by atoms with Crippen LogP contribution in [0.1, 0.15) is 41.8 Å². The number of aromatic amines is 1. The first-order valence-corrected chi connectivity index (χ1v) is 9.66. The van der Waals surface area contributed by atoms with E-state index >= 15 is 0 Å². The summed E-state index contributed by atoms with van der Waals surface area (Å²) in [7, 11) is 1.79. The van der Waals surface area contributed by atoms with Crippen molar-refractivity contribution >= 4 is 33.3 Å². The highest BCUT2D eigenvalue weighted by molar-refractivity contribution is 7.99. The number of fused-ring (bicyclic) bond motifs is 3. The van der Waals surface area contributed by atoms with Crippen LogP contribution < -0.4 is 5.56 Å². The number of H-pyrrole nitrogens is 1. The van der Waals surface area contributed by atoms with Crippen LogP contribution in [-0.4, -0.2) is 30.2 Å². The van der Waals surface area contributed by atoms with Gasteiger partial charge < -0.3 is 4.98 Å². The Kier molecular flexibility index (Phi) is 3.92. The van der Waals surface area contributed by atoms with Crippen molar-refractivity contribution in [2.45, 2.75) is 43.5 Å². The van der Waals surface area contributed by atoms with Gasteiger partial charge in [0.2, 0.25) is 5.16 Å². The quantitative estimate of drug-likeness (QED) is 0.720. The van der Waals surface area contributed by atoms with Crippen molar-refractivity contribution in [2.75, 3.05) is 0 Å². The molecule has 0 spiro atoms. The molecule has 0 aliphatic heterocycles. The van der Waals surface area contributed by atoms with E-state index in [0.29, 0.717) is 16.9 Å². The standard InChI is InChI=1S/C15H18N6OS2/c1-7-4-5-9-10(6-7)24-14-11(9)13(22)16-12(17-14)8(2)23-15-18-19-20-21(15)3/h7-8H,4-6H2,1-3H3,(H,16,17,22). The van der Waals surface area contributed by atoms with Crippen LogP contribution in [0.5, 0.6) is 0 Å². The Morgan fingerprint density at radius 1 is 1.46 bits per heavy atom. The van der Waals surface area contributed by atoms with Crippen molar-refractivity contribution in [3.8, 4) is 0 Å². The molecule has 0 aromatic carbocycles. The molecule has 9 heteroatoms. The molecule has 1 N–H and O–H groups in total. The summed E-state index contributed by atoms with van der Waals surface area (Å²) >= 11 is 3.16. The lowest BCUT2D eigenvalue weighted by atomic mass is 9.89. The summed E-state index contributed by atoms with van der Waals surface area (Å²) in [6, 6.07) is 0. The Morgan fingerprint density at radius 2 is 2.29 bits per heavy atom. The van der Waals surface area contributed by atoms with Crippen molar-refractivity contribution in [2.24, 2.45) is 13.0 Å². The Morgan fingerprint density at radius 3 is 3.04 bits per heavy atom. The van der Waals surface area contributed by atoms with Gasteiger partial charge in [-0.05, 0) is 48.1 Å². The first-order valence-electron chi connectivity index (χ1n) is 7.96. The number of nitrogens with one attached hydrogen (secondary N) is 1. The number of rotatable bonds is 3. The number of aryl methyl sites for hydroxylation is 2. The molecule has 24 heavy (non-hydrogen) atoms. The fourth-order valence-corrected chi connectivity index (χ4v) is 5.30. The third kappa shape index (κ3) is 2.65. The van der Waals surface area contributed by atoms with Gasteiger partial charge in [0.1, 0.15) is 10.7 Å². The van der Waals surface area contributed by atoms with E-state index in [1.54, 1.807) is 23.1 Å². The van der Waals surface area contributed by atoms with E-state index in [9.17, 15) is 4.79 Å². The summed E-state index contributed by atoms with van der Waals surface area (Å²) in [5.74, 6) is 1.36. The second-order valence-electron chi connectivity index (χ2n) is 6.33. The first kappa shape index (κ1) is 15.8. The fraction of sp³-hybridized carbons (Fsp3) is 0.533. The van der Waals surface area contributed by atoms with E-state index < -0.39 is 0 Å². The zero-order valence-corrected chi connectivity index (χ0v) is 15.4. The molecule has 4 rings (SSSR count). The van der Waals surface area contributed by atoms with Gasteiger partial charge in [-0.3, -0.25) is 4.79 Å². The maximum atomic E-state index is 12.6. The van der Waals surface area contributed by atoms with Gasteiger partial charge in [-0.25, -0.2) is 9.67 Å². The van der Waals surface area contributed by atoms with Crippen LogP contribution in [0.15, 0.2) is 9.95 Å². The maximum Gasteiger partial charge on any atom is 0.259 e. The fourth-order valence-electron chi connectivity index (χ4n) is 3.09. The molecule has 2 unspecified atom stereocenters. The van der Waals surface area contributed by atoms with Gasteiger partial charge in [-0.1, -0.05) is 18.7 Å². The molecule has 7 nitrogen and oxygen atoms in total. The molecule has 3 aromatic rings. The van der Waals surface area contributed by atoms with Crippen LogP contribution in [0.3, 0.4) is 0 Å². The van der Waals surface area contributed by atoms with Gasteiger partial charge in [-0.15, -0.1) is 16.4 Å². The monoisotopic (exact) mass is 362 g/mol. The highest BCUT2D eigenvalue weighted by Gasteiger charge is 2.24. The SMILES string of the molecule is CC1CCc2c(sc3nc(C(C)Sc4nnnn4C)[nH]c(=O)c23)C1. The van der Waals surface area contributed by atoms with Crippen LogP contribution in [0.2, 0.25) is 0 Å². The topological polar surface area (TPSA) is 89.3 Å². The van der Waals surface area contributed by atoms with Gasteiger partial charge in [0.05, 0.1) is 10.6 Å². The summed E-state index contributed by atoms with van der Waals surface area (Å²) in [6.45, 7) is 4.27. The summed E-state index contributed by atoms with van der Waals surface area (Å²) < 4.78 is 1.61. The molecule has 0 fully saturated rings. The minimum absolute atomic E-state index is 0.0226. The normalized spacial score (nSPS) is 18.7. The second-order valence-corrected chi connectivity index (χ2v) is 8.72. The molecule has 0 saturated carbocycles. The lowest BCUT2D eigenvalue weighted by Gasteiger charge is -2.17. The van der Waals surface area contributed by atoms with Crippen molar-refractivity contribution in [3.05, 3.63) is 26.6 Å². The lowest BCUT2D eigenvalue weighted by Crippen LogP contribution is -2.15. The summed E-state index contributed by atoms with van der Waals surface area (Å²) in [5.41, 5.74) is 1.19. The van der Waals surface area contributed by atoms with Crippen molar-refractivity contribution < 1.29 is 0 Å². The number of tetrazole rings is 1. The van der Waals surface area contributed by atoms with E-state index in [4.69, 9.17) is 4.98 Å². The molecule has 0 saturated heterocycles. The Labute approximate surface area is 146 Å². The lowest BCUT2D eigenvalue weighted by molar-refractivity contribution is 0.509. The number of nitrogens with zero attached hydrogens (tertiary/aromatic N) is 5. The number of aromatic nitrogens is 6. The van der Waals surface area contributed by atoms with E-state index in [0.717, 1.165) is 29.5 Å². The molecule has 1 aliphatic carbocycles. The third-order valence-electron chi connectivity index (χ3n) is 4.43. The number of thioether (sulfide) groups is 1. The van der Waals surface area contributed by atoms with Gasteiger partial charge >= 0.3 is 0 Å². The summed E-state index contributed by atoms with van der Waals surface area (Å²) in [5, 5.41) is 12.9. The van der Waals surface area contributed by atoms with Crippen LogP contribution in [-0.2, 0) is 19.9 Å². The first-order chi connectivity index (χ1) is 11.5. The Balaban J connectivity index is 1.73. The van der Waals surface area contributed by atoms with Gasteiger partial charge in [0.25, 0.3) is 5.56 Å². The summed E-state index contributed by atoms with van der Waals surface area (Å²) in [4.78, 5) is 22.5. The molecule has 3 heterocycles. The van der Waals surface area contributed by atoms with E-state index in [1.807, 2.05) is 6.92 Å². The van der Waals surface area contributed by atoms with Crippen LogP contribution >= 0.6 is 23.1 Å². The highest BCUT2D eigenvalue weighted by atomic mass is 32.2. The minimum atomic E-state index is -0.0372. The van der Waals surface area contributed by atoms with E-state index in [1.165, 1.54) is 22.2 Å². The number of hydrogen-bond donors (Lipinski definition) is 1. The Bertz CT molecular complexity index is 959. The van der Waals surface area contributed by atoms with Gasteiger partial charge in [0.15, 0.2) is 0 Å². The average Bonchev–Trinajstić information content (AvgIpc) is 3.10. The van der Waals surface area contributed by atoms with Crippen LogP contribution in [0.25, 0.3) is 10.2 Å². The van der Waals surface area contributed by atoms with Crippen molar-refractivity contribution in [1.82, 2.24) is 30.2 Å². The number of thiophene rings is 1. The van der Waals surface area contributed by atoms with Crippen molar-refractivity contribution in [1.29, 1.82) is 0 Å². The molecule has 2 atom stereocenters. The van der Waals surface area contributed by atoms with Crippen LogP contribution in [0.4, 0.5) is 0 Å². The molecule has 126 valence electrons. The van der Waals surface area contributed by atoms with Gasteiger partial charge in [-0.2, -0.15) is 0 Å². The predicted molar refractivity (Wildman–Crippen MR) is 94.5 cm³/mol. The Hall–Kier alpha value is -1.74. The average molecular weight is 362 g/mol. The van der Waals surface area contributed by atoms with E-state index in [-0.39, 0.29) is 10.8 Å². The number of hydrogen-bond acceptors (Lipinski definition) is 7. The largest absolute Gasteiger partial charge is 0.309 e. The molecule has 0 radical (unpaired) electrons. The zero-order valence-electron chi connectivity index (χ0n) is 13.7. The minimum Gasteiger partial charge on any atom is -0.309 e. The molecule has 0 bridgehead atoms. The van der Waals surface area contributed by atoms with Crippen LogP contribution in [0, 0.1) is 5.92 Å². The second kappa shape index (κ2) is 5.96. The smallest absolute Gasteiger partial charge is 0.259 e. The van der Waals surface area contributed by atoms with Crippen molar-refractivity contribution in [3.63, 3.8) is 0 Å². The molecule has 1 aliphatic rings. The highest BCUT2D eigenvalue weighted by Crippen LogP contribution is 2.37.